The number of rotatable bonds is 6. The van der Waals surface area contributed by atoms with Crippen LogP contribution in [0, 0.1) is 5.82 Å². The molecule has 2 N–H and O–H groups in total. The molecule has 1 aliphatic rings. The van der Waals surface area contributed by atoms with E-state index >= 15 is 0 Å². The summed E-state index contributed by atoms with van der Waals surface area (Å²) in [5.41, 5.74) is 1.74. The van der Waals surface area contributed by atoms with Crippen LogP contribution in [-0.2, 0) is 11.3 Å². The lowest BCUT2D eigenvalue weighted by molar-refractivity contribution is -0.115. The lowest BCUT2D eigenvalue weighted by atomic mass is 10.2. The van der Waals surface area contributed by atoms with E-state index in [4.69, 9.17) is 0 Å². The summed E-state index contributed by atoms with van der Waals surface area (Å²) < 4.78 is 13.6. The van der Waals surface area contributed by atoms with Crippen molar-refractivity contribution in [2.24, 2.45) is 0 Å². The summed E-state index contributed by atoms with van der Waals surface area (Å²) in [4.78, 5) is 26.5. The van der Waals surface area contributed by atoms with Crippen molar-refractivity contribution in [2.75, 3.05) is 36.5 Å². The van der Waals surface area contributed by atoms with Crippen LogP contribution in [0.4, 0.5) is 10.1 Å². The van der Waals surface area contributed by atoms with Gasteiger partial charge in [0.15, 0.2) is 0 Å². The third-order valence-corrected chi connectivity index (χ3v) is 5.19. The van der Waals surface area contributed by atoms with Gasteiger partial charge in [0.2, 0.25) is 5.91 Å². The molecule has 0 aliphatic carbocycles. The quantitative estimate of drug-likeness (QED) is 0.800. The first-order valence-corrected chi connectivity index (χ1v) is 9.99. The van der Waals surface area contributed by atoms with Gasteiger partial charge in [-0.25, -0.2) is 4.39 Å². The van der Waals surface area contributed by atoms with Crippen molar-refractivity contribution >= 4 is 29.3 Å². The standard InChI is InChI=1S/C20H22FN3O2S/c21-18-7-2-1-6-17(18)20(26)22-13-19(25)23-16-5-3-4-15(12-16)14-24-8-10-27-11-9-24/h1-7,12H,8-11,13-14H2,(H,22,26)(H,23,25). The number of nitrogens with zero attached hydrogens (tertiary/aromatic N) is 1. The number of hydrogen-bond acceptors (Lipinski definition) is 4. The zero-order valence-electron chi connectivity index (χ0n) is 14.9. The first kappa shape index (κ1) is 19.4. The van der Waals surface area contributed by atoms with Gasteiger partial charge in [-0.05, 0) is 29.8 Å². The van der Waals surface area contributed by atoms with E-state index in [0.29, 0.717) is 5.69 Å². The number of benzene rings is 2. The van der Waals surface area contributed by atoms with E-state index in [9.17, 15) is 14.0 Å². The second kappa shape index (κ2) is 9.53. The first-order chi connectivity index (χ1) is 13.1. The Hall–Kier alpha value is -2.38. The Labute approximate surface area is 162 Å². The van der Waals surface area contributed by atoms with Crippen LogP contribution in [-0.4, -0.2) is 47.9 Å². The average Bonchev–Trinajstić information content (AvgIpc) is 2.67. The summed E-state index contributed by atoms with van der Waals surface area (Å²) in [5, 5.41) is 5.21. The van der Waals surface area contributed by atoms with Crippen LogP contribution in [0.15, 0.2) is 48.5 Å². The predicted octanol–water partition coefficient (Wildman–Crippen LogP) is 2.74. The number of anilines is 1. The molecule has 2 aromatic carbocycles. The molecule has 0 saturated carbocycles. The van der Waals surface area contributed by atoms with Crippen LogP contribution in [0.5, 0.6) is 0 Å². The van der Waals surface area contributed by atoms with Gasteiger partial charge in [-0.15, -0.1) is 0 Å². The highest BCUT2D eigenvalue weighted by molar-refractivity contribution is 7.99. The van der Waals surface area contributed by atoms with E-state index in [0.717, 1.165) is 36.7 Å². The van der Waals surface area contributed by atoms with Crippen molar-refractivity contribution < 1.29 is 14.0 Å². The van der Waals surface area contributed by atoms with E-state index in [2.05, 4.69) is 15.5 Å². The van der Waals surface area contributed by atoms with Gasteiger partial charge in [0.05, 0.1) is 12.1 Å². The molecule has 0 atom stereocenters. The zero-order chi connectivity index (χ0) is 19.1. The molecule has 0 spiro atoms. The van der Waals surface area contributed by atoms with Crippen molar-refractivity contribution in [2.45, 2.75) is 6.54 Å². The highest BCUT2D eigenvalue weighted by atomic mass is 32.2. The van der Waals surface area contributed by atoms with Crippen LogP contribution in [0.2, 0.25) is 0 Å². The molecule has 0 bridgehead atoms. The van der Waals surface area contributed by atoms with Crippen molar-refractivity contribution in [3.8, 4) is 0 Å². The molecule has 3 rings (SSSR count). The molecule has 2 amide bonds. The van der Waals surface area contributed by atoms with E-state index in [1.54, 1.807) is 6.07 Å². The Morgan fingerprint density at radius 3 is 2.63 bits per heavy atom. The van der Waals surface area contributed by atoms with Crippen molar-refractivity contribution in [3.05, 3.63) is 65.5 Å². The second-order valence-electron chi connectivity index (χ2n) is 6.30. The zero-order valence-corrected chi connectivity index (χ0v) is 15.7. The molecule has 7 heteroatoms. The van der Waals surface area contributed by atoms with Gasteiger partial charge in [-0.3, -0.25) is 14.5 Å². The van der Waals surface area contributed by atoms with Gasteiger partial charge >= 0.3 is 0 Å². The minimum Gasteiger partial charge on any atom is -0.343 e. The van der Waals surface area contributed by atoms with Crippen LogP contribution in [0.25, 0.3) is 0 Å². The second-order valence-corrected chi connectivity index (χ2v) is 7.52. The lowest BCUT2D eigenvalue weighted by Gasteiger charge is -2.26. The van der Waals surface area contributed by atoms with Gasteiger partial charge in [-0.1, -0.05) is 24.3 Å². The molecule has 1 heterocycles. The van der Waals surface area contributed by atoms with Crippen LogP contribution in [0.1, 0.15) is 15.9 Å². The summed E-state index contributed by atoms with van der Waals surface area (Å²) in [5.74, 6) is 0.724. The fourth-order valence-electron chi connectivity index (χ4n) is 2.87. The number of hydrogen-bond donors (Lipinski definition) is 2. The van der Waals surface area contributed by atoms with Gasteiger partial charge in [-0.2, -0.15) is 11.8 Å². The minimum absolute atomic E-state index is 0.0769. The van der Waals surface area contributed by atoms with Crippen molar-refractivity contribution in [3.63, 3.8) is 0 Å². The Morgan fingerprint density at radius 2 is 1.85 bits per heavy atom. The predicted molar refractivity (Wildman–Crippen MR) is 106 cm³/mol. The normalized spacial score (nSPS) is 14.6. The molecule has 2 aromatic rings. The molecule has 1 fully saturated rings. The molecule has 142 valence electrons. The van der Waals surface area contributed by atoms with Gasteiger partial charge < -0.3 is 10.6 Å². The first-order valence-electron chi connectivity index (χ1n) is 8.83. The number of amides is 2. The van der Waals surface area contributed by atoms with Crippen LogP contribution in [0.3, 0.4) is 0 Å². The van der Waals surface area contributed by atoms with Crippen LogP contribution >= 0.6 is 11.8 Å². The lowest BCUT2D eigenvalue weighted by Crippen LogP contribution is -2.33. The average molecular weight is 387 g/mol. The topological polar surface area (TPSA) is 61.4 Å². The summed E-state index contributed by atoms with van der Waals surface area (Å²) in [6.07, 6.45) is 0. The van der Waals surface area contributed by atoms with Gasteiger partial charge in [0.25, 0.3) is 5.91 Å². The van der Waals surface area contributed by atoms with Crippen molar-refractivity contribution in [1.82, 2.24) is 10.2 Å². The fraction of sp³-hybridized carbons (Fsp3) is 0.300. The molecular weight excluding hydrogens is 365 g/mol. The van der Waals surface area contributed by atoms with E-state index in [1.807, 2.05) is 36.0 Å². The Bertz CT molecular complexity index is 809. The molecule has 0 unspecified atom stereocenters. The molecule has 0 aromatic heterocycles. The monoisotopic (exact) mass is 387 g/mol. The third-order valence-electron chi connectivity index (χ3n) is 4.25. The third kappa shape index (κ3) is 5.80. The Balaban J connectivity index is 1.51. The smallest absolute Gasteiger partial charge is 0.254 e. The Morgan fingerprint density at radius 1 is 1.07 bits per heavy atom. The largest absolute Gasteiger partial charge is 0.343 e. The minimum atomic E-state index is -0.612. The van der Waals surface area contributed by atoms with E-state index in [-0.39, 0.29) is 18.0 Å². The number of thioether (sulfide) groups is 1. The van der Waals surface area contributed by atoms with Gasteiger partial charge in [0.1, 0.15) is 5.82 Å². The summed E-state index contributed by atoms with van der Waals surface area (Å²) in [6.45, 7) is 2.78. The SMILES string of the molecule is O=C(CNC(=O)c1ccccc1F)Nc1cccc(CN2CCSCC2)c1. The molecule has 1 saturated heterocycles. The molecule has 1 aliphatic heterocycles. The van der Waals surface area contributed by atoms with Crippen LogP contribution < -0.4 is 10.6 Å². The fourth-order valence-corrected chi connectivity index (χ4v) is 3.85. The maximum Gasteiger partial charge on any atom is 0.254 e. The molecule has 5 nitrogen and oxygen atoms in total. The molecular formula is C20H22FN3O2S. The maximum atomic E-state index is 13.6. The van der Waals surface area contributed by atoms with Crippen molar-refractivity contribution in [1.29, 1.82) is 0 Å². The molecule has 27 heavy (non-hydrogen) atoms. The number of carbonyl (C=O) groups is 2. The summed E-state index contributed by atoms with van der Waals surface area (Å²) in [6, 6.07) is 13.4. The van der Waals surface area contributed by atoms with E-state index < -0.39 is 11.7 Å². The summed E-state index contributed by atoms with van der Waals surface area (Å²) >= 11 is 1.97. The Kier molecular flexibility index (Phi) is 6.84. The van der Waals surface area contributed by atoms with Gasteiger partial charge in [0, 0.05) is 36.8 Å². The van der Waals surface area contributed by atoms with E-state index in [1.165, 1.54) is 18.2 Å². The highest BCUT2D eigenvalue weighted by Crippen LogP contribution is 2.16. The number of halogens is 1. The summed E-state index contributed by atoms with van der Waals surface area (Å²) in [7, 11) is 0. The number of carbonyl (C=O) groups excluding carboxylic acids is 2. The number of nitrogens with one attached hydrogen (secondary N) is 2. The highest BCUT2D eigenvalue weighted by Gasteiger charge is 2.13. The molecule has 0 radical (unpaired) electrons. The maximum absolute atomic E-state index is 13.6.